The zero-order chi connectivity index (χ0) is 14.3. The number of hydrogen-bond acceptors (Lipinski definition) is 4. The molecule has 1 heterocycles. The minimum atomic E-state index is -4.31. The monoisotopic (exact) mass is 278 g/mol. The van der Waals surface area contributed by atoms with Crippen molar-refractivity contribution in [3.63, 3.8) is 0 Å². The first kappa shape index (κ1) is 15.7. The number of pyridine rings is 1. The topological polar surface area (TPSA) is 57.4 Å². The van der Waals surface area contributed by atoms with Crippen molar-refractivity contribution < 1.29 is 22.6 Å². The molecule has 19 heavy (non-hydrogen) atoms. The Morgan fingerprint density at radius 3 is 2.74 bits per heavy atom. The molecule has 0 saturated heterocycles. The maximum atomic E-state index is 11.9. The standard InChI is InChI=1S/C12H17F3N2O2/c1-2-19-10-5-9(6-17-7-10)11(16)3-4-18-8-12(13,14)15/h5-7,11H,2-4,8,16H2,1H3. The molecule has 108 valence electrons. The molecule has 0 aliphatic carbocycles. The lowest BCUT2D eigenvalue weighted by Gasteiger charge is -2.13. The Morgan fingerprint density at radius 2 is 2.11 bits per heavy atom. The van der Waals surface area contributed by atoms with Crippen molar-refractivity contribution in [2.45, 2.75) is 25.6 Å². The van der Waals surface area contributed by atoms with Crippen molar-refractivity contribution in [2.75, 3.05) is 19.8 Å². The van der Waals surface area contributed by atoms with E-state index in [1.807, 2.05) is 6.92 Å². The molecule has 0 radical (unpaired) electrons. The summed E-state index contributed by atoms with van der Waals surface area (Å²) in [5.74, 6) is 0.589. The molecule has 0 bridgehead atoms. The summed E-state index contributed by atoms with van der Waals surface area (Å²) in [4.78, 5) is 3.97. The third-order valence-electron chi connectivity index (χ3n) is 2.31. The maximum Gasteiger partial charge on any atom is 0.411 e. The molecule has 1 unspecified atom stereocenters. The van der Waals surface area contributed by atoms with Gasteiger partial charge in [-0.25, -0.2) is 0 Å². The molecule has 1 atom stereocenters. The molecule has 0 spiro atoms. The van der Waals surface area contributed by atoms with Gasteiger partial charge in [0.05, 0.1) is 12.8 Å². The Kier molecular flexibility index (Phi) is 6.04. The zero-order valence-electron chi connectivity index (χ0n) is 10.6. The van der Waals surface area contributed by atoms with Crippen molar-refractivity contribution >= 4 is 0 Å². The Labute approximate surface area is 109 Å². The van der Waals surface area contributed by atoms with Crippen LogP contribution in [0.3, 0.4) is 0 Å². The molecule has 7 heteroatoms. The van der Waals surface area contributed by atoms with Gasteiger partial charge in [-0.1, -0.05) is 0 Å². The highest BCUT2D eigenvalue weighted by Gasteiger charge is 2.27. The van der Waals surface area contributed by atoms with Gasteiger partial charge in [-0.2, -0.15) is 13.2 Å². The third-order valence-corrected chi connectivity index (χ3v) is 2.31. The molecule has 2 N–H and O–H groups in total. The van der Waals surface area contributed by atoms with E-state index in [-0.39, 0.29) is 13.0 Å². The highest BCUT2D eigenvalue weighted by Crippen LogP contribution is 2.19. The number of alkyl halides is 3. The lowest BCUT2D eigenvalue weighted by molar-refractivity contribution is -0.174. The van der Waals surface area contributed by atoms with E-state index in [9.17, 15) is 13.2 Å². The second kappa shape index (κ2) is 7.30. The summed E-state index contributed by atoms with van der Waals surface area (Å²) >= 11 is 0. The highest BCUT2D eigenvalue weighted by molar-refractivity contribution is 5.25. The van der Waals surface area contributed by atoms with Crippen molar-refractivity contribution in [3.8, 4) is 5.75 Å². The largest absolute Gasteiger partial charge is 0.492 e. The summed E-state index contributed by atoms with van der Waals surface area (Å²) in [5.41, 5.74) is 6.56. The quantitative estimate of drug-likeness (QED) is 0.778. The first-order valence-corrected chi connectivity index (χ1v) is 5.90. The number of halogens is 3. The van der Waals surface area contributed by atoms with Crippen molar-refractivity contribution in [1.82, 2.24) is 4.98 Å². The smallest absolute Gasteiger partial charge is 0.411 e. The number of rotatable bonds is 7. The van der Waals surface area contributed by atoms with Gasteiger partial charge >= 0.3 is 6.18 Å². The summed E-state index contributed by atoms with van der Waals surface area (Å²) in [6.45, 7) is 1.04. The molecule has 0 saturated carbocycles. The molecule has 0 aliphatic rings. The summed E-state index contributed by atoms with van der Waals surface area (Å²) in [6.07, 6.45) is -0.898. The number of aromatic nitrogens is 1. The van der Waals surface area contributed by atoms with Gasteiger partial charge in [0.25, 0.3) is 0 Å². The predicted octanol–water partition coefficient (Wildman–Crippen LogP) is 2.45. The van der Waals surface area contributed by atoms with Crippen molar-refractivity contribution in [1.29, 1.82) is 0 Å². The van der Waals surface area contributed by atoms with Crippen LogP contribution in [0.1, 0.15) is 24.9 Å². The molecule has 1 aromatic rings. The van der Waals surface area contributed by atoms with E-state index in [1.165, 1.54) is 0 Å². The summed E-state index contributed by atoms with van der Waals surface area (Å²) in [5, 5.41) is 0. The van der Waals surface area contributed by atoms with Gasteiger partial charge in [0, 0.05) is 18.8 Å². The fourth-order valence-electron chi connectivity index (χ4n) is 1.45. The molecule has 1 aromatic heterocycles. The molecule has 1 rings (SSSR count). The first-order chi connectivity index (χ1) is 8.92. The SMILES string of the molecule is CCOc1cncc(C(N)CCOCC(F)(F)F)c1. The van der Waals surface area contributed by atoms with Crippen LogP contribution >= 0.6 is 0 Å². The van der Waals surface area contributed by atoms with Crippen molar-refractivity contribution in [2.24, 2.45) is 5.73 Å². The predicted molar refractivity (Wildman–Crippen MR) is 63.8 cm³/mol. The van der Waals surface area contributed by atoms with Gasteiger partial charge in [-0.05, 0) is 25.0 Å². The first-order valence-electron chi connectivity index (χ1n) is 5.90. The van der Waals surface area contributed by atoms with E-state index in [2.05, 4.69) is 9.72 Å². The molecule has 0 aliphatic heterocycles. The van der Waals surface area contributed by atoms with E-state index >= 15 is 0 Å². The fraction of sp³-hybridized carbons (Fsp3) is 0.583. The van der Waals surface area contributed by atoms with E-state index < -0.39 is 18.8 Å². The van der Waals surface area contributed by atoms with Crippen LogP contribution in [0.4, 0.5) is 13.2 Å². The molecule has 4 nitrogen and oxygen atoms in total. The van der Waals surface area contributed by atoms with Gasteiger partial charge < -0.3 is 15.2 Å². The summed E-state index contributed by atoms with van der Waals surface area (Å²) in [7, 11) is 0. The van der Waals surface area contributed by atoms with Gasteiger partial charge in [0.15, 0.2) is 0 Å². The summed E-state index contributed by atoms with van der Waals surface area (Å²) < 4.78 is 45.4. The second-order valence-corrected chi connectivity index (χ2v) is 3.95. The number of nitrogens with zero attached hydrogens (tertiary/aromatic N) is 1. The maximum absolute atomic E-state index is 11.9. The lowest BCUT2D eigenvalue weighted by Crippen LogP contribution is -2.19. The van der Waals surface area contributed by atoms with Crippen LogP contribution in [0.25, 0.3) is 0 Å². The molecular formula is C12H17F3N2O2. The van der Waals surface area contributed by atoms with Gasteiger partial charge in [-0.15, -0.1) is 0 Å². The third kappa shape index (κ3) is 6.40. The lowest BCUT2D eigenvalue weighted by atomic mass is 10.1. The van der Waals surface area contributed by atoms with Crippen LogP contribution in [0.2, 0.25) is 0 Å². The Hall–Kier alpha value is -1.34. The van der Waals surface area contributed by atoms with Crippen molar-refractivity contribution in [3.05, 3.63) is 24.0 Å². The normalized spacial score (nSPS) is 13.3. The van der Waals surface area contributed by atoms with Crippen LogP contribution in [0.15, 0.2) is 18.5 Å². The number of hydrogen-bond donors (Lipinski definition) is 1. The Balaban J connectivity index is 2.40. The second-order valence-electron chi connectivity index (χ2n) is 3.95. The van der Waals surface area contributed by atoms with E-state index in [0.29, 0.717) is 17.9 Å². The van der Waals surface area contributed by atoms with Crippen LogP contribution in [-0.4, -0.2) is 31.0 Å². The molecule has 0 amide bonds. The minimum absolute atomic E-state index is 0.0560. The van der Waals surface area contributed by atoms with Gasteiger partial charge in [-0.3, -0.25) is 4.98 Å². The minimum Gasteiger partial charge on any atom is -0.492 e. The molecule has 0 fully saturated rings. The average molecular weight is 278 g/mol. The van der Waals surface area contributed by atoms with Crippen LogP contribution < -0.4 is 10.5 Å². The zero-order valence-corrected chi connectivity index (χ0v) is 10.6. The van der Waals surface area contributed by atoms with E-state index in [4.69, 9.17) is 10.5 Å². The number of nitrogens with two attached hydrogens (primary N) is 1. The highest BCUT2D eigenvalue weighted by atomic mass is 19.4. The molecule has 0 aromatic carbocycles. The fourth-order valence-corrected chi connectivity index (χ4v) is 1.45. The van der Waals surface area contributed by atoms with Gasteiger partial charge in [0.1, 0.15) is 12.4 Å². The Morgan fingerprint density at radius 1 is 1.37 bits per heavy atom. The average Bonchev–Trinajstić information content (AvgIpc) is 2.34. The summed E-state index contributed by atoms with van der Waals surface area (Å²) in [6, 6.07) is 1.30. The van der Waals surface area contributed by atoms with E-state index in [1.54, 1.807) is 18.5 Å². The van der Waals surface area contributed by atoms with Gasteiger partial charge in [0.2, 0.25) is 0 Å². The Bertz CT molecular complexity index is 385. The van der Waals surface area contributed by atoms with Crippen LogP contribution in [-0.2, 0) is 4.74 Å². The van der Waals surface area contributed by atoms with Crippen LogP contribution in [0.5, 0.6) is 5.75 Å². The van der Waals surface area contributed by atoms with Crippen LogP contribution in [0, 0.1) is 0 Å². The molecular weight excluding hydrogens is 261 g/mol. The van der Waals surface area contributed by atoms with E-state index in [0.717, 1.165) is 0 Å². The number of ether oxygens (including phenoxy) is 2.